The average molecular weight is 454 g/mol. The van der Waals surface area contributed by atoms with Gasteiger partial charge in [-0.05, 0) is 68.4 Å². The minimum atomic E-state index is -3.65. The van der Waals surface area contributed by atoms with Gasteiger partial charge in [0.25, 0.3) is 5.56 Å². The molecule has 1 aromatic carbocycles. The Balaban J connectivity index is 1.30. The number of sulfonamides is 1. The molecular weight excluding hydrogens is 426 g/mol. The fourth-order valence-corrected chi connectivity index (χ4v) is 7.44. The van der Waals surface area contributed by atoms with Crippen molar-refractivity contribution in [3.8, 4) is 0 Å². The second kappa shape index (κ2) is 7.02. The van der Waals surface area contributed by atoms with Gasteiger partial charge >= 0.3 is 0 Å². The summed E-state index contributed by atoms with van der Waals surface area (Å²) in [5.41, 5.74) is 2.72. The van der Waals surface area contributed by atoms with Gasteiger partial charge in [0.15, 0.2) is 0 Å². The first kappa shape index (κ1) is 20.2. The van der Waals surface area contributed by atoms with Crippen LogP contribution < -0.4 is 10.5 Å². The molecule has 1 aliphatic carbocycles. The molecule has 2 bridgehead atoms. The van der Waals surface area contributed by atoms with Crippen molar-refractivity contribution in [1.29, 1.82) is 0 Å². The van der Waals surface area contributed by atoms with Crippen LogP contribution in [-0.2, 0) is 27.8 Å². The van der Waals surface area contributed by atoms with Gasteiger partial charge in [-0.2, -0.15) is 4.31 Å². The number of benzene rings is 1. The average Bonchev–Trinajstić information content (AvgIpc) is 3.56. The molecule has 32 heavy (non-hydrogen) atoms. The predicted octanol–water partition coefficient (Wildman–Crippen LogP) is 2.34. The molecule has 3 atom stereocenters. The Kier molecular flexibility index (Phi) is 4.43. The lowest BCUT2D eigenvalue weighted by Crippen LogP contribution is -2.49. The third-order valence-electron chi connectivity index (χ3n) is 7.51. The molecule has 0 spiro atoms. The molecule has 1 amide bonds. The number of carbonyl (C=O) groups excluding carboxylic acids is 1. The number of carbonyl (C=O) groups is 1. The molecule has 4 heterocycles. The highest BCUT2D eigenvalue weighted by Gasteiger charge is 2.42. The minimum Gasteiger partial charge on any atom is -0.312 e. The number of fused-ring (bicyclic) bond motifs is 5. The number of nitrogens with zero attached hydrogens (tertiary/aromatic N) is 3. The summed E-state index contributed by atoms with van der Waals surface area (Å²) in [6, 6.07) is 10.6. The lowest BCUT2D eigenvalue weighted by molar-refractivity contribution is -0.120. The number of amides is 1. The summed E-state index contributed by atoms with van der Waals surface area (Å²) < 4.78 is 30.6. The molecule has 8 heteroatoms. The molecule has 1 saturated carbocycles. The summed E-state index contributed by atoms with van der Waals surface area (Å²) in [6.45, 7) is 3.42. The van der Waals surface area contributed by atoms with Gasteiger partial charge < -0.3 is 9.47 Å². The number of rotatable bonds is 3. The Bertz CT molecular complexity index is 1280. The van der Waals surface area contributed by atoms with E-state index in [2.05, 4.69) is 0 Å². The van der Waals surface area contributed by atoms with E-state index in [4.69, 9.17) is 0 Å². The van der Waals surface area contributed by atoms with Crippen molar-refractivity contribution in [3.05, 3.63) is 58.0 Å². The second-order valence-electron chi connectivity index (χ2n) is 9.85. The van der Waals surface area contributed by atoms with Gasteiger partial charge in [-0.15, -0.1) is 0 Å². The van der Waals surface area contributed by atoms with Crippen molar-refractivity contribution in [2.75, 3.05) is 18.0 Å². The molecule has 2 fully saturated rings. The van der Waals surface area contributed by atoms with Gasteiger partial charge in [-0.3, -0.25) is 9.59 Å². The number of anilines is 1. The lowest BCUT2D eigenvalue weighted by Gasteiger charge is -2.42. The first-order valence-corrected chi connectivity index (χ1v) is 12.9. The Labute approximate surface area is 187 Å². The van der Waals surface area contributed by atoms with Crippen LogP contribution in [0.2, 0.25) is 0 Å². The summed E-state index contributed by atoms with van der Waals surface area (Å²) in [5, 5.41) is 0. The van der Waals surface area contributed by atoms with E-state index in [1.165, 1.54) is 0 Å². The predicted molar refractivity (Wildman–Crippen MR) is 120 cm³/mol. The summed E-state index contributed by atoms with van der Waals surface area (Å²) in [5.74, 6) is 0.476. The number of hydrogen-bond acceptors (Lipinski definition) is 4. The van der Waals surface area contributed by atoms with Crippen LogP contribution in [0.5, 0.6) is 0 Å². The van der Waals surface area contributed by atoms with Crippen LogP contribution in [0.3, 0.4) is 0 Å². The minimum absolute atomic E-state index is 0.00783. The van der Waals surface area contributed by atoms with Crippen LogP contribution in [0.1, 0.15) is 43.4 Å². The normalized spacial score (nSPS) is 27.2. The Hall–Kier alpha value is -2.45. The van der Waals surface area contributed by atoms with E-state index < -0.39 is 10.0 Å². The quantitative estimate of drug-likeness (QED) is 0.715. The number of piperidine rings is 1. The third kappa shape index (κ3) is 3.07. The molecule has 0 radical (unpaired) electrons. The Morgan fingerprint density at radius 1 is 1.06 bits per heavy atom. The van der Waals surface area contributed by atoms with Gasteiger partial charge in [-0.1, -0.05) is 6.07 Å². The standard InChI is InChI=1S/C24H27N3O4S/c1-15-9-18-11-20(7-8-22(18)27(15)24(29)17-5-6-17)32(30,31)25-12-16-10-19(14-25)21-3-2-4-23(28)26(21)13-16/h2-4,7-8,11,15-17,19H,5-6,9-10,12-14H2,1H3/t15-,16-,19+/m1/s1. The largest absolute Gasteiger partial charge is 0.312 e. The summed E-state index contributed by atoms with van der Waals surface area (Å²) >= 11 is 0. The first-order valence-electron chi connectivity index (χ1n) is 11.5. The van der Waals surface area contributed by atoms with Crippen molar-refractivity contribution in [2.24, 2.45) is 11.8 Å². The van der Waals surface area contributed by atoms with E-state index in [-0.39, 0.29) is 35.3 Å². The van der Waals surface area contributed by atoms with Crippen molar-refractivity contribution in [2.45, 2.75) is 56.0 Å². The summed E-state index contributed by atoms with van der Waals surface area (Å²) in [4.78, 5) is 27.1. The third-order valence-corrected chi connectivity index (χ3v) is 9.34. The van der Waals surface area contributed by atoms with Crippen molar-refractivity contribution >= 4 is 21.6 Å². The van der Waals surface area contributed by atoms with Crippen molar-refractivity contribution in [1.82, 2.24) is 8.87 Å². The Morgan fingerprint density at radius 3 is 2.66 bits per heavy atom. The molecule has 1 saturated heterocycles. The van der Waals surface area contributed by atoms with Gasteiger partial charge in [0.2, 0.25) is 15.9 Å². The molecule has 0 unspecified atom stereocenters. The topological polar surface area (TPSA) is 79.7 Å². The van der Waals surface area contributed by atoms with Gasteiger partial charge in [0.1, 0.15) is 0 Å². The van der Waals surface area contributed by atoms with Gasteiger partial charge in [0.05, 0.1) is 4.90 Å². The SMILES string of the molecule is C[C@@H]1Cc2cc(S(=O)(=O)N3C[C@H]4C[C@@H](C3)c3cccc(=O)n3C4)ccc2N1C(=O)C1CC1. The van der Waals surface area contributed by atoms with E-state index in [1.807, 2.05) is 28.5 Å². The van der Waals surface area contributed by atoms with Crippen LogP contribution in [-0.4, -0.2) is 42.3 Å². The molecule has 4 aliphatic rings. The molecule has 7 nitrogen and oxygen atoms in total. The highest BCUT2D eigenvalue weighted by molar-refractivity contribution is 7.89. The highest BCUT2D eigenvalue weighted by Crippen LogP contribution is 2.41. The van der Waals surface area contributed by atoms with Crippen LogP contribution in [0.15, 0.2) is 46.1 Å². The highest BCUT2D eigenvalue weighted by atomic mass is 32.2. The first-order chi connectivity index (χ1) is 15.3. The van der Waals surface area contributed by atoms with E-state index in [9.17, 15) is 18.0 Å². The van der Waals surface area contributed by atoms with E-state index in [0.717, 1.165) is 36.2 Å². The molecule has 1 aromatic heterocycles. The van der Waals surface area contributed by atoms with E-state index in [1.54, 1.807) is 28.6 Å². The second-order valence-corrected chi connectivity index (χ2v) is 11.8. The van der Waals surface area contributed by atoms with Crippen LogP contribution in [0, 0.1) is 11.8 Å². The van der Waals surface area contributed by atoms with Crippen LogP contribution >= 0.6 is 0 Å². The number of pyridine rings is 1. The smallest absolute Gasteiger partial charge is 0.250 e. The van der Waals surface area contributed by atoms with Crippen molar-refractivity contribution in [3.63, 3.8) is 0 Å². The summed E-state index contributed by atoms with van der Waals surface area (Å²) in [7, 11) is -3.65. The molecule has 2 aromatic rings. The fraction of sp³-hybridized carbons (Fsp3) is 0.500. The molecule has 168 valence electrons. The summed E-state index contributed by atoms with van der Waals surface area (Å²) in [6.07, 6.45) is 3.50. The van der Waals surface area contributed by atoms with Crippen LogP contribution in [0.4, 0.5) is 5.69 Å². The maximum absolute atomic E-state index is 13.6. The lowest BCUT2D eigenvalue weighted by atomic mass is 9.84. The maximum atomic E-state index is 13.6. The zero-order valence-corrected chi connectivity index (χ0v) is 18.9. The van der Waals surface area contributed by atoms with E-state index in [0.29, 0.717) is 31.0 Å². The fourth-order valence-electron chi connectivity index (χ4n) is 5.83. The molecule has 3 aliphatic heterocycles. The molecular formula is C24H27N3O4S. The maximum Gasteiger partial charge on any atom is 0.250 e. The zero-order valence-electron chi connectivity index (χ0n) is 18.1. The number of aromatic nitrogens is 1. The molecule has 0 N–H and O–H groups in total. The molecule has 6 rings (SSSR count). The van der Waals surface area contributed by atoms with Gasteiger partial charge in [-0.25, -0.2) is 8.42 Å². The van der Waals surface area contributed by atoms with Gasteiger partial charge in [0, 0.05) is 55.0 Å². The monoisotopic (exact) mass is 453 g/mol. The zero-order chi connectivity index (χ0) is 22.2. The van der Waals surface area contributed by atoms with E-state index >= 15 is 0 Å². The number of hydrogen-bond donors (Lipinski definition) is 0. The van der Waals surface area contributed by atoms with Crippen molar-refractivity contribution < 1.29 is 13.2 Å². The Morgan fingerprint density at radius 2 is 1.88 bits per heavy atom. The van der Waals surface area contributed by atoms with Crippen LogP contribution in [0.25, 0.3) is 0 Å².